The quantitative estimate of drug-likeness (QED) is 0.906. The van der Waals surface area contributed by atoms with Crippen LogP contribution in [0.25, 0.3) is 0 Å². The van der Waals surface area contributed by atoms with Crippen molar-refractivity contribution in [2.24, 2.45) is 0 Å². The molecule has 132 valence electrons. The lowest BCUT2D eigenvalue weighted by atomic mass is 10.1. The van der Waals surface area contributed by atoms with Gasteiger partial charge < -0.3 is 14.7 Å². The van der Waals surface area contributed by atoms with Crippen LogP contribution < -0.4 is 0 Å². The number of pyridine rings is 1. The van der Waals surface area contributed by atoms with Crippen molar-refractivity contribution in [1.82, 2.24) is 9.88 Å². The Morgan fingerprint density at radius 2 is 2.08 bits per heavy atom. The summed E-state index contributed by atoms with van der Waals surface area (Å²) in [6.07, 6.45) is 5.36. The van der Waals surface area contributed by atoms with E-state index in [9.17, 15) is 14.3 Å². The van der Waals surface area contributed by atoms with Gasteiger partial charge in [-0.15, -0.1) is 0 Å². The molecular formula is C19H21FN2O3. The lowest BCUT2D eigenvalue weighted by molar-refractivity contribution is -0.133. The largest absolute Gasteiger partial charge is 0.505 e. The van der Waals surface area contributed by atoms with Crippen molar-refractivity contribution in [3.05, 3.63) is 59.7 Å². The van der Waals surface area contributed by atoms with Gasteiger partial charge in [-0.25, -0.2) is 4.39 Å². The molecule has 1 fully saturated rings. The SMILES string of the molecule is O=C(Cc1ccc(O)c(F)c1)N1CCC(OCc2cccnc2)CC1. The average Bonchev–Trinajstić information content (AvgIpc) is 2.64. The molecule has 2 aromatic rings. The number of likely N-dealkylation sites (tertiary alicyclic amines) is 1. The Morgan fingerprint density at radius 1 is 1.28 bits per heavy atom. The van der Waals surface area contributed by atoms with E-state index in [0.717, 1.165) is 18.4 Å². The van der Waals surface area contributed by atoms with Crippen molar-refractivity contribution in [3.63, 3.8) is 0 Å². The molecule has 1 N–H and O–H groups in total. The highest BCUT2D eigenvalue weighted by atomic mass is 19.1. The Bertz CT molecular complexity index is 716. The third kappa shape index (κ3) is 4.76. The van der Waals surface area contributed by atoms with Gasteiger partial charge in [0, 0.05) is 25.5 Å². The minimum absolute atomic E-state index is 0.0317. The van der Waals surface area contributed by atoms with Crippen LogP contribution in [0.4, 0.5) is 4.39 Å². The maximum Gasteiger partial charge on any atom is 0.226 e. The normalized spacial score (nSPS) is 15.3. The molecule has 0 aliphatic carbocycles. The van der Waals surface area contributed by atoms with E-state index >= 15 is 0 Å². The summed E-state index contributed by atoms with van der Waals surface area (Å²) in [4.78, 5) is 18.2. The van der Waals surface area contributed by atoms with E-state index in [1.54, 1.807) is 23.4 Å². The smallest absolute Gasteiger partial charge is 0.226 e. The van der Waals surface area contributed by atoms with E-state index in [1.807, 2.05) is 12.1 Å². The number of amides is 1. The lowest BCUT2D eigenvalue weighted by Gasteiger charge is -2.32. The van der Waals surface area contributed by atoms with Crippen LogP contribution in [0.15, 0.2) is 42.7 Å². The van der Waals surface area contributed by atoms with Crippen molar-refractivity contribution in [2.75, 3.05) is 13.1 Å². The Kier molecular flexibility index (Phi) is 5.60. The maximum absolute atomic E-state index is 13.4. The molecule has 2 heterocycles. The summed E-state index contributed by atoms with van der Waals surface area (Å²) >= 11 is 0. The van der Waals surface area contributed by atoms with Gasteiger partial charge in [0.25, 0.3) is 0 Å². The molecule has 1 aliphatic heterocycles. The van der Waals surface area contributed by atoms with Gasteiger partial charge in [0.2, 0.25) is 5.91 Å². The molecule has 5 nitrogen and oxygen atoms in total. The second-order valence-corrected chi connectivity index (χ2v) is 6.21. The van der Waals surface area contributed by atoms with Gasteiger partial charge in [0.05, 0.1) is 19.1 Å². The van der Waals surface area contributed by atoms with E-state index in [-0.39, 0.29) is 18.4 Å². The number of aromatic hydroxyl groups is 1. The van der Waals surface area contributed by atoms with Gasteiger partial charge in [0.1, 0.15) is 0 Å². The standard InChI is InChI=1S/C19H21FN2O3/c20-17-10-14(3-4-18(17)23)11-19(24)22-8-5-16(6-9-22)25-13-15-2-1-7-21-12-15/h1-4,7,10,12,16,23H,5-6,8-9,11,13H2. The maximum atomic E-state index is 13.4. The number of aromatic nitrogens is 1. The van der Waals surface area contributed by atoms with Crippen LogP contribution in [0.3, 0.4) is 0 Å². The molecule has 25 heavy (non-hydrogen) atoms. The first-order valence-corrected chi connectivity index (χ1v) is 8.37. The average molecular weight is 344 g/mol. The molecule has 0 bridgehead atoms. The Labute approximate surface area is 146 Å². The summed E-state index contributed by atoms with van der Waals surface area (Å²) in [6.45, 7) is 1.80. The van der Waals surface area contributed by atoms with Crippen LogP contribution in [0.5, 0.6) is 5.75 Å². The zero-order valence-corrected chi connectivity index (χ0v) is 13.9. The lowest BCUT2D eigenvalue weighted by Crippen LogP contribution is -2.41. The fraction of sp³-hybridized carbons (Fsp3) is 0.368. The molecule has 6 heteroatoms. The number of phenolic OH excluding ortho intramolecular Hbond substituents is 1. The molecule has 1 aromatic heterocycles. The van der Waals surface area contributed by atoms with Crippen molar-refractivity contribution >= 4 is 5.91 Å². The minimum atomic E-state index is -0.701. The van der Waals surface area contributed by atoms with Gasteiger partial charge in [-0.05, 0) is 42.2 Å². The molecule has 0 unspecified atom stereocenters. The predicted molar refractivity (Wildman–Crippen MR) is 90.4 cm³/mol. The van der Waals surface area contributed by atoms with E-state index in [2.05, 4.69) is 4.98 Å². The minimum Gasteiger partial charge on any atom is -0.505 e. The summed E-state index contributed by atoms with van der Waals surface area (Å²) in [5, 5.41) is 9.20. The van der Waals surface area contributed by atoms with Crippen LogP contribution in [-0.2, 0) is 22.6 Å². The van der Waals surface area contributed by atoms with Crippen LogP contribution in [0.1, 0.15) is 24.0 Å². The number of hydrogen-bond donors (Lipinski definition) is 1. The second kappa shape index (κ2) is 8.07. The molecule has 0 spiro atoms. The number of piperidine rings is 1. The first kappa shape index (κ1) is 17.4. The zero-order valence-electron chi connectivity index (χ0n) is 13.9. The van der Waals surface area contributed by atoms with E-state index in [1.165, 1.54) is 12.1 Å². The third-order valence-electron chi connectivity index (χ3n) is 4.37. The fourth-order valence-corrected chi connectivity index (χ4v) is 2.92. The van der Waals surface area contributed by atoms with Gasteiger partial charge in [-0.2, -0.15) is 0 Å². The van der Waals surface area contributed by atoms with Crippen molar-refractivity contribution in [3.8, 4) is 5.75 Å². The number of ether oxygens (including phenoxy) is 1. The van der Waals surface area contributed by atoms with Crippen molar-refractivity contribution < 1.29 is 19.0 Å². The van der Waals surface area contributed by atoms with Crippen LogP contribution in [0, 0.1) is 5.82 Å². The van der Waals surface area contributed by atoms with Crippen molar-refractivity contribution in [2.45, 2.75) is 32.0 Å². The molecule has 1 aliphatic rings. The first-order chi connectivity index (χ1) is 12.1. The summed E-state index contributed by atoms with van der Waals surface area (Å²) in [5.74, 6) is -1.13. The van der Waals surface area contributed by atoms with Gasteiger partial charge in [-0.3, -0.25) is 9.78 Å². The van der Waals surface area contributed by atoms with Crippen LogP contribution >= 0.6 is 0 Å². The number of rotatable bonds is 5. The monoisotopic (exact) mass is 344 g/mol. The van der Waals surface area contributed by atoms with Crippen molar-refractivity contribution in [1.29, 1.82) is 0 Å². The highest BCUT2D eigenvalue weighted by Crippen LogP contribution is 2.19. The number of benzene rings is 1. The summed E-state index contributed by atoms with van der Waals surface area (Å²) < 4.78 is 19.2. The second-order valence-electron chi connectivity index (χ2n) is 6.21. The summed E-state index contributed by atoms with van der Waals surface area (Å²) in [6, 6.07) is 7.90. The zero-order chi connectivity index (χ0) is 17.6. The highest BCUT2D eigenvalue weighted by molar-refractivity contribution is 5.78. The molecule has 0 radical (unpaired) electrons. The van der Waals surface area contributed by atoms with Gasteiger partial charge in [-0.1, -0.05) is 12.1 Å². The molecule has 1 amide bonds. The molecule has 0 atom stereocenters. The number of nitrogens with zero attached hydrogens (tertiary/aromatic N) is 2. The fourth-order valence-electron chi connectivity index (χ4n) is 2.92. The van der Waals surface area contributed by atoms with E-state index < -0.39 is 11.6 Å². The Morgan fingerprint density at radius 3 is 2.76 bits per heavy atom. The molecular weight excluding hydrogens is 323 g/mol. The number of phenols is 1. The van der Waals surface area contributed by atoms with Crippen LogP contribution in [0.2, 0.25) is 0 Å². The third-order valence-corrected chi connectivity index (χ3v) is 4.37. The summed E-state index contributed by atoms with van der Waals surface area (Å²) in [5.41, 5.74) is 1.60. The molecule has 1 saturated heterocycles. The number of halogens is 1. The molecule has 3 rings (SSSR count). The topological polar surface area (TPSA) is 62.7 Å². The molecule has 1 aromatic carbocycles. The Hall–Kier alpha value is -2.47. The Balaban J connectivity index is 1.45. The number of carbonyl (C=O) groups is 1. The van der Waals surface area contributed by atoms with Crippen LogP contribution in [-0.4, -0.2) is 40.1 Å². The van der Waals surface area contributed by atoms with Gasteiger partial charge in [0.15, 0.2) is 11.6 Å². The van der Waals surface area contributed by atoms with E-state index in [4.69, 9.17) is 4.74 Å². The predicted octanol–water partition coefficient (Wildman–Crippen LogP) is 2.68. The van der Waals surface area contributed by atoms with Gasteiger partial charge >= 0.3 is 0 Å². The molecule has 0 saturated carbocycles. The first-order valence-electron chi connectivity index (χ1n) is 8.37. The number of hydrogen-bond acceptors (Lipinski definition) is 4. The highest BCUT2D eigenvalue weighted by Gasteiger charge is 2.23. The van der Waals surface area contributed by atoms with E-state index in [0.29, 0.717) is 25.3 Å². The number of carbonyl (C=O) groups excluding carboxylic acids is 1. The summed E-state index contributed by atoms with van der Waals surface area (Å²) in [7, 11) is 0.